The molecule has 0 amide bonds. The molecule has 11 heteroatoms. The minimum absolute atomic E-state index is 0.421. The zero-order chi connectivity index (χ0) is 17.4. The first-order valence-electron chi connectivity index (χ1n) is 7.01. The van der Waals surface area contributed by atoms with Crippen LogP contribution in [0.1, 0.15) is 0 Å². The van der Waals surface area contributed by atoms with Crippen molar-refractivity contribution >= 4 is 0 Å². The monoisotopic (exact) mass is 342 g/mol. The summed E-state index contributed by atoms with van der Waals surface area (Å²) < 4.78 is 15.2. The lowest BCUT2D eigenvalue weighted by molar-refractivity contribution is -0.356. The fourth-order valence-corrected chi connectivity index (χ4v) is 2.55. The highest BCUT2D eigenvalue weighted by Gasteiger charge is 2.55. The van der Waals surface area contributed by atoms with Gasteiger partial charge in [-0.05, 0) is 0 Å². The summed E-state index contributed by atoms with van der Waals surface area (Å²) in [5.74, 6) is -4.45. The molecular weight excluding hydrogens is 320 g/mol. The number of aliphatic hydroxyl groups is 8. The number of aliphatic hydroxyl groups excluding tert-OH is 7. The van der Waals surface area contributed by atoms with Gasteiger partial charge in [0, 0.05) is 0 Å². The van der Waals surface area contributed by atoms with E-state index in [2.05, 4.69) is 0 Å². The molecular formula is C12H22O11. The van der Waals surface area contributed by atoms with E-state index in [1.54, 1.807) is 0 Å². The Morgan fingerprint density at radius 1 is 0.957 bits per heavy atom. The van der Waals surface area contributed by atoms with Crippen molar-refractivity contribution in [2.24, 2.45) is 0 Å². The van der Waals surface area contributed by atoms with E-state index < -0.39 is 74.6 Å². The van der Waals surface area contributed by atoms with E-state index in [0.717, 1.165) is 0 Å². The van der Waals surface area contributed by atoms with Gasteiger partial charge in [0.1, 0.15) is 43.2 Å². The van der Waals surface area contributed by atoms with Crippen LogP contribution in [0.2, 0.25) is 0 Å². The predicted octanol–water partition coefficient (Wildman–Crippen LogP) is -5.39. The smallest absolute Gasteiger partial charge is 0.221 e. The second-order valence-corrected chi connectivity index (χ2v) is 5.69. The Balaban J connectivity index is 2.04. The second kappa shape index (κ2) is 6.82. The Bertz CT molecular complexity index is 408. The van der Waals surface area contributed by atoms with Gasteiger partial charge in [-0.2, -0.15) is 0 Å². The van der Waals surface area contributed by atoms with Crippen molar-refractivity contribution in [2.45, 2.75) is 48.2 Å². The van der Waals surface area contributed by atoms with Crippen LogP contribution in [0.3, 0.4) is 0 Å². The molecule has 11 nitrogen and oxygen atoms in total. The SMILES string of the molecule is OCC1(OC[C@H]2O[C@](O)(CO)[C@H](O)[C@@H]2O)OC[C@@H](O)[C@@H](O)[C@H]1O. The molecule has 23 heavy (non-hydrogen) atoms. The summed E-state index contributed by atoms with van der Waals surface area (Å²) >= 11 is 0. The summed E-state index contributed by atoms with van der Waals surface area (Å²) in [5.41, 5.74) is 0. The molecule has 0 bridgehead atoms. The summed E-state index contributed by atoms with van der Waals surface area (Å²) in [6.45, 7) is -2.83. The quantitative estimate of drug-likeness (QED) is 0.238. The molecule has 8 N–H and O–H groups in total. The van der Waals surface area contributed by atoms with Gasteiger partial charge in [-0.25, -0.2) is 0 Å². The van der Waals surface area contributed by atoms with Crippen LogP contribution >= 0.6 is 0 Å². The zero-order valence-corrected chi connectivity index (χ0v) is 12.1. The minimum atomic E-state index is -2.37. The topological polar surface area (TPSA) is 190 Å². The van der Waals surface area contributed by atoms with E-state index in [1.165, 1.54) is 0 Å². The van der Waals surface area contributed by atoms with E-state index in [-0.39, 0.29) is 0 Å². The van der Waals surface area contributed by atoms with Crippen molar-refractivity contribution in [2.75, 3.05) is 26.4 Å². The molecule has 2 aliphatic heterocycles. The highest BCUT2D eigenvalue weighted by molar-refractivity contribution is 4.97. The van der Waals surface area contributed by atoms with Crippen LogP contribution in [0.4, 0.5) is 0 Å². The third-order valence-corrected chi connectivity index (χ3v) is 4.13. The van der Waals surface area contributed by atoms with Crippen molar-refractivity contribution in [3.63, 3.8) is 0 Å². The summed E-state index contributed by atoms with van der Waals surface area (Å²) in [5, 5.41) is 76.6. The van der Waals surface area contributed by atoms with Gasteiger partial charge in [-0.1, -0.05) is 0 Å². The Morgan fingerprint density at radius 3 is 2.13 bits per heavy atom. The first-order valence-corrected chi connectivity index (χ1v) is 7.01. The van der Waals surface area contributed by atoms with Crippen LogP contribution in [0.25, 0.3) is 0 Å². The molecule has 2 saturated heterocycles. The molecule has 2 rings (SSSR count). The standard InChI is InChI=1S/C12H22O11/c13-3-11(20)9(18)8(17)6(23-11)2-22-12(4-14)10(19)7(16)5(15)1-21-12/h5-10,13-20H,1-4H2/t5-,6-,7-,8-,9-,10-,11-,12?/m1/s1. The van der Waals surface area contributed by atoms with Crippen LogP contribution < -0.4 is 0 Å². The third-order valence-electron chi connectivity index (χ3n) is 4.13. The van der Waals surface area contributed by atoms with E-state index in [1.807, 2.05) is 0 Å². The Kier molecular flexibility index (Phi) is 5.60. The minimum Gasteiger partial charge on any atom is -0.391 e. The summed E-state index contributed by atoms with van der Waals surface area (Å²) in [6.07, 6.45) is -9.51. The fourth-order valence-electron chi connectivity index (χ4n) is 2.55. The largest absolute Gasteiger partial charge is 0.391 e. The summed E-state index contributed by atoms with van der Waals surface area (Å²) in [7, 11) is 0. The van der Waals surface area contributed by atoms with Gasteiger partial charge >= 0.3 is 0 Å². The van der Waals surface area contributed by atoms with Gasteiger partial charge < -0.3 is 55.1 Å². The molecule has 1 unspecified atom stereocenters. The Labute approximate surface area is 130 Å². The highest BCUT2D eigenvalue weighted by atomic mass is 16.7. The maximum atomic E-state index is 9.94. The first kappa shape index (κ1) is 18.9. The summed E-state index contributed by atoms with van der Waals surface area (Å²) in [4.78, 5) is 0. The second-order valence-electron chi connectivity index (χ2n) is 5.69. The predicted molar refractivity (Wildman–Crippen MR) is 68.7 cm³/mol. The molecule has 136 valence electrons. The number of rotatable bonds is 5. The molecule has 2 heterocycles. The van der Waals surface area contributed by atoms with Crippen LogP contribution in [-0.4, -0.2) is 115 Å². The number of ether oxygens (including phenoxy) is 3. The van der Waals surface area contributed by atoms with Crippen molar-refractivity contribution in [3.8, 4) is 0 Å². The van der Waals surface area contributed by atoms with Gasteiger partial charge in [-0.15, -0.1) is 0 Å². The maximum absolute atomic E-state index is 9.94. The lowest BCUT2D eigenvalue weighted by Gasteiger charge is -2.44. The average molecular weight is 342 g/mol. The van der Waals surface area contributed by atoms with Crippen LogP contribution in [-0.2, 0) is 14.2 Å². The molecule has 2 aliphatic rings. The van der Waals surface area contributed by atoms with Gasteiger partial charge in [0.05, 0.1) is 19.8 Å². The van der Waals surface area contributed by atoms with Crippen molar-refractivity contribution in [1.29, 1.82) is 0 Å². The Morgan fingerprint density at radius 2 is 1.61 bits per heavy atom. The van der Waals surface area contributed by atoms with Gasteiger partial charge in [0.2, 0.25) is 11.6 Å². The van der Waals surface area contributed by atoms with Crippen molar-refractivity contribution in [3.05, 3.63) is 0 Å². The molecule has 0 aromatic carbocycles. The first-order chi connectivity index (χ1) is 10.7. The third kappa shape index (κ3) is 3.23. The van der Waals surface area contributed by atoms with Crippen LogP contribution in [0.15, 0.2) is 0 Å². The van der Waals surface area contributed by atoms with Crippen LogP contribution in [0.5, 0.6) is 0 Å². The van der Waals surface area contributed by atoms with E-state index in [9.17, 15) is 35.7 Å². The van der Waals surface area contributed by atoms with Gasteiger partial charge in [0.15, 0.2) is 0 Å². The van der Waals surface area contributed by atoms with Crippen molar-refractivity contribution in [1.82, 2.24) is 0 Å². The van der Waals surface area contributed by atoms with Crippen LogP contribution in [0, 0.1) is 0 Å². The lowest BCUT2D eigenvalue weighted by atomic mass is 9.97. The molecule has 0 aliphatic carbocycles. The number of hydrogen-bond donors (Lipinski definition) is 8. The molecule has 8 atom stereocenters. The van der Waals surface area contributed by atoms with E-state index in [0.29, 0.717) is 0 Å². The average Bonchev–Trinajstić information content (AvgIpc) is 2.77. The number of hydrogen-bond acceptors (Lipinski definition) is 11. The molecule has 0 radical (unpaired) electrons. The van der Waals surface area contributed by atoms with E-state index in [4.69, 9.17) is 19.3 Å². The fraction of sp³-hybridized carbons (Fsp3) is 1.00. The van der Waals surface area contributed by atoms with Gasteiger partial charge in [-0.3, -0.25) is 0 Å². The highest BCUT2D eigenvalue weighted by Crippen LogP contribution is 2.32. The molecule has 0 aromatic rings. The zero-order valence-electron chi connectivity index (χ0n) is 12.1. The van der Waals surface area contributed by atoms with Gasteiger partial charge in [0.25, 0.3) is 0 Å². The molecule has 0 saturated carbocycles. The maximum Gasteiger partial charge on any atom is 0.221 e. The lowest BCUT2D eigenvalue weighted by Crippen LogP contribution is -2.64. The molecule has 2 fully saturated rings. The summed E-state index contributed by atoms with van der Waals surface area (Å²) in [6, 6.07) is 0. The molecule has 0 spiro atoms. The normalized spacial score (nSPS) is 51.1. The van der Waals surface area contributed by atoms with E-state index >= 15 is 0 Å². The Hall–Kier alpha value is -0.440. The molecule has 0 aromatic heterocycles. The van der Waals surface area contributed by atoms with Crippen molar-refractivity contribution < 1.29 is 55.1 Å².